The van der Waals surface area contributed by atoms with Gasteiger partial charge in [0.05, 0.1) is 0 Å². The van der Waals surface area contributed by atoms with Crippen LogP contribution in [-0.4, -0.2) is 62.2 Å². The van der Waals surface area contributed by atoms with Crippen LogP contribution in [0.15, 0.2) is 0 Å². The van der Waals surface area contributed by atoms with Crippen molar-refractivity contribution in [3.63, 3.8) is 0 Å². The molecule has 1 fully saturated rings. The molecule has 3 nitrogen and oxygen atoms in total. The molecular weight excluding hydrogens is 210 g/mol. The van der Waals surface area contributed by atoms with Crippen LogP contribution in [0, 0.1) is 0 Å². The molecule has 1 N–H and O–H groups in total. The van der Waals surface area contributed by atoms with Crippen LogP contribution in [-0.2, 0) is 0 Å². The van der Waals surface area contributed by atoms with Crippen LogP contribution in [0.3, 0.4) is 0 Å². The Balaban J connectivity index is 2.48. The van der Waals surface area contributed by atoms with E-state index in [0.29, 0.717) is 12.1 Å². The number of hydrogen-bond donors (Lipinski definition) is 1. The predicted molar refractivity (Wildman–Crippen MR) is 75.5 cm³/mol. The van der Waals surface area contributed by atoms with E-state index in [-0.39, 0.29) is 0 Å². The normalized spacial score (nSPS) is 25.1. The zero-order valence-corrected chi connectivity index (χ0v) is 12.2. The fourth-order valence-electron chi connectivity index (χ4n) is 2.79. The molecule has 0 aromatic carbocycles. The van der Waals surface area contributed by atoms with Crippen molar-refractivity contribution >= 4 is 0 Å². The Kier molecular flexibility index (Phi) is 7.09. The molecule has 0 bridgehead atoms. The highest BCUT2D eigenvalue weighted by molar-refractivity contribution is 4.88. The summed E-state index contributed by atoms with van der Waals surface area (Å²) in [5.41, 5.74) is 0. The highest BCUT2D eigenvalue weighted by Gasteiger charge is 2.28. The van der Waals surface area contributed by atoms with Crippen molar-refractivity contribution in [2.75, 3.05) is 40.3 Å². The van der Waals surface area contributed by atoms with Gasteiger partial charge in [-0.15, -0.1) is 0 Å². The molecule has 0 aromatic rings. The summed E-state index contributed by atoms with van der Waals surface area (Å²) in [7, 11) is 4.52. The van der Waals surface area contributed by atoms with Gasteiger partial charge in [0.25, 0.3) is 0 Å². The van der Waals surface area contributed by atoms with Crippen LogP contribution in [0.5, 0.6) is 0 Å². The molecule has 2 unspecified atom stereocenters. The van der Waals surface area contributed by atoms with E-state index in [1.165, 1.54) is 45.3 Å². The second kappa shape index (κ2) is 8.06. The lowest BCUT2D eigenvalue weighted by atomic mass is 9.98. The quantitative estimate of drug-likeness (QED) is 0.686. The number of rotatable bonds is 7. The largest absolute Gasteiger partial charge is 0.313 e. The average molecular weight is 241 g/mol. The van der Waals surface area contributed by atoms with Crippen molar-refractivity contribution in [1.29, 1.82) is 0 Å². The monoisotopic (exact) mass is 241 g/mol. The Morgan fingerprint density at radius 2 is 1.94 bits per heavy atom. The number of hydrogen-bond acceptors (Lipinski definition) is 3. The smallest absolute Gasteiger partial charge is 0.0373 e. The fourth-order valence-corrected chi connectivity index (χ4v) is 2.79. The van der Waals surface area contributed by atoms with E-state index >= 15 is 0 Å². The first kappa shape index (κ1) is 14.9. The zero-order chi connectivity index (χ0) is 12.7. The van der Waals surface area contributed by atoms with Crippen molar-refractivity contribution in [1.82, 2.24) is 15.1 Å². The van der Waals surface area contributed by atoms with E-state index in [9.17, 15) is 0 Å². The summed E-state index contributed by atoms with van der Waals surface area (Å²) in [6.45, 7) is 9.21. The van der Waals surface area contributed by atoms with E-state index in [1.54, 1.807) is 0 Å². The van der Waals surface area contributed by atoms with Gasteiger partial charge in [0, 0.05) is 31.7 Å². The summed E-state index contributed by atoms with van der Waals surface area (Å²) in [5, 5.41) is 3.69. The standard InChI is InChI=1S/C14H31N3/c1-5-7-8-9-13(15-6-2)14-12-16(3)10-11-17(14)4/h13-15H,5-12H2,1-4H3. The summed E-state index contributed by atoms with van der Waals surface area (Å²) >= 11 is 0. The average Bonchev–Trinajstić information content (AvgIpc) is 2.32. The number of piperazine rings is 1. The lowest BCUT2D eigenvalue weighted by molar-refractivity contribution is 0.0849. The van der Waals surface area contributed by atoms with Crippen molar-refractivity contribution < 1.29 is 0 Å². The summed E-state index contributed by atoms with van der Waals surface area (Å²) in [4.78, 5) is 5.01. The lowest BCUT2D eigenvalue weighted by Gasteiger charge is -2.42. The SMILES string of the molecule is CCCCCC(NCC)C1CN(C)CCN1C. The highest BCUT2D eigenvalue weighted by atomic mass is 15.3. The third-order valence-electron chi connectivity index (χ3n) is 3.95. The summed E-state index contributed by atoms with van der Waals surface area (Å²) in [5.74, 6) is 0. The molecule has 1 rings (SSSR count). The Morgan fingerprint density at radius 3 is 2.59 bits per heavy atom. The summed E-state index contributed by atoms with van der Waals surface area (Å²) in [6.07, 6.45) is 5.38. The van der Waals surface area contributed by atoms with Gasteiger partial charge in [-0.1, -0.05) is 33.1 Å². The molecule has 0 radical (unpaired) electrons. The molecule has 0 saturated carbocycles. The third kappa shape index (κ3) is 4.94. The molecule has 2 atom stereocenters. The Bertz CT molecular complexity index is 196. The highest BCUT2D eigenvalue weighted by Crippen LogP contribution is 2.15. The van der Waals surface area contributed by atoms with Crippen molar-refractivity contribution in [2.24, 2.45) is 0 Å². The minimum atomic E-state index is 0.666. The molecule has 102 valence electrons. The molecule has 1 aliphatic heterocycles. The molecule has 1 heterocycles. The Labute approximate surface area is 108 Å². The topological polar surface area (TPSA) is 18.5 Å². The molecule has 0 aromatic heterocycles. The van der Waals surface area contributed by atoms with E-state index in [1.807, 2.05) is 0 Å². The van der Waals surface area contributed by atoms with Gasteiger partial charge in [-0.05, 0) is 27.1 Å². The van der Waals surface area contributed by atoms with Crippen LogP contribution in [0.4, 0.5) is 0 Å². The number of nitrogens with zero attached hydrogens (tertiary/aromatic N) is 2. The minimum absolute atomic E-state index is 0.666. The first-order valence-corrected chi connectivity index (χ1v) is 7.31. The number of nitrogens with one attached hydrogen (secondary N) is 1. The molecule has 1 aliphatic rings. The van der Waals surface area contributed by atoms with Crippen molar-refractivity contribution in [2.45, 2.75) is 51.6 Å². The van der Waals surface area contributed by atoms with Gasteiger partial charge in [0.2, 0.25) is 0 Å². The number of likely N-dealkylation sites (N-methyl/N-ethyl adjacent to an activating group) is 3. The molecule has 1 saturated heterocycles. The maximum Gasteiger partial charge on any atom is 0.0373 e. The maximum atomic E-state index is 3.69. The second-order valence-electron chi connectivity index (χ2n) is 5.47. The van der Waals surface area contributed by atoms with Gasteiger partial charge in [-0.3, -0.25) is 4.90 Å². The molecule has 0 amide bonds. The van der Waals surface area contributed by atoms with Gasteiger partial charge in [-0.25, -0.2) is 0 Å². The van der Waals surface area contributed by atoms with E-state index in [2.05, 4.69) is 43.1 Å². The van der Waals surface area contributed by atoms with Crippen LogP contribution >= 0.6 is 0 Å². The fraction of sp³-hybridized carbons (Fsp3) is 1.00. The second-order valence-corrected chi connectivity index (χ2v) is 5.47. The van der Waals surface area contributed by atoms with Gasteiger partial charge in [0.15, 0.2) is 0 Å². The van der Waals surface area contributed by atoms with Gasteiger partial charge >= 0.3 is 0 Å². The lowest BCUT2D eigenvalue weighted by Crippen LogP contribution is -2.58. The molecule has 0 aliphatic carbocycles. The maximum absolute atomic E-state index is 3.69. The number of unbranched alkanes of at least 4 members (excludes halogenated alkanes) is 2. The summed E-state index contributed by atoms with van der Waals surface area (Å²) < 4.78 is 0. The van der Waals surface area contributed by atoms with Crippen molar-refractivity contribution in [3.8, 4) is 0 Å². The molecule has 0 spiro atoms. The van der Waals surface area contributed by atoms with Crippen molar-refractivity contribution in [3.05, 3.63) is 0 Å². The van der Waals surface area contributed by atoms with Gasteiger partial charge < -0.3 is 10.2 Å². The summed E-state index contributed by atoms with van der Waals surface area (Å²) in [6, 6.07) is 1.35. The van der Waals surface area contributed by atoms with Gasteiger partial charge in [-0.2, -0.15) is 0 Å². The Morgan fingerprint density at radius 1 is 1.18 bits per heavy atom. The van der Waals surface area contributed by atoms with E-state index < -0.39 is 0 Å². The first-order chi connectivity index (χ1) is 8.19. The predicted octanol–water partition coefficient (Wildman–Crippen LogP) is 1.79. The van der Waals surface area contributed by atoms with Crippen LogP contribution in [0.25, 0.3) is 0 Å². The zero-order valence-electron chi connectivity index (χ0n) is 12.2. The van der Waals surface area contributed by atoms with Crippen LogP contribution in [0.1, 0.15) is 39.5 Å². The van der Waals surface area contributed by atoms with Crippen LogP contribution < -0.4 is 5.32 Å². The van der Waals surface area contributed by atoms with E-state index in [0.717, 1.165) is 6.54 Å². The molecule has 3 heteroatoms. The first-order valence-electron chi connectivity index (χ1n) is 7.31. The van der Waals surface area contributed by atoms with Crippen LogP contribution in [0.2, 0.25) is 0 Å². The Hall–Kier alpha value is -0.120. The minimum Gasteiger partial charge on any atom is -0.313 e. The van der Waals surface area contributed by atoms with Gasteiger partial charge in [0.1, 0.15) is 0 Å². The molecule has 17 heavy (non-hydrogen) atoms. The van der Waals surface area contributed by atoms with E-state index in [4.69, 9.17) is 0 Å². The third-order valence-corrected chi connectivity index (χ3v) is 3.95. The molecular formula is C14H31N3.